The highest BCUT2D eigenvalue weighted by atomic mass is 16.6. The maximum atomic E-state index is 12.9. The largest absolute Gasteiger partial charge is 0.450 e. The number of hydrogen-bond donors (Lipinski definition) is 1. The van der Waals surface area contributed by atoms with E-state index in [-0.39, 0.29) is 24.0 Å². The van der Waals surface area contributed by atoms with E-state index in [9.17, 15) is 9.59 Å². The number of anilines is 1. The van der Waals surface area contributed by atoms with Gasteiger partial charge in [-0.3, -0.25) is 4.79 Å². The number of rotatable bonds is 6. The number of benzene rings is 1. The lowest BCUT2D eigenvalue weighted by molar-refractivity contribution is -0.126. The van der Waals surface area contributed by atoms with Crippen LogP contribution in [0.15, 0.2) is 30.6 Å². The Hall–Kier alpha value is -3.36. The highest BCUT2D eigenvalue weighted by molar-refractivity contribution is 5.79. The van der Waals surface area contributed by atoms with Crippen LogP contribution in [0.1, 0.15) is 43.7 Å². The van der Waals surface area contributed by atoms with Crippen LogP contribution in [0.4, 0.5) is 10.6 Å². The molecule has 9 heteroatoms. The lowest BCUT2D eigenvalue weighted by Gasteiger charge is -2.35. The van der Waals surface area contributed by atoms with Gasteiger partial charge in [0.25, 0.3) is 0 Å². The van der Waals surface area contributed by atoms with E-state index in [1.165, 1.54) is 11.9 Å². The van der Waals surface area contributed by atoms with Gasteiger partial charge in [0.1, 0.15) is 17.9 Å². The predicted octanol–water partition coefficient (Wildman–Crippen LogP) is 3.84. The van der Waals surface area contributed by atoms with Gasteiger partial charge in [-0.2, -0.15) is 0 Å². The number of aromatic nitrogens is 2. The van der Waals surface area contributed by atoms with E-state index in [2.05, 4.69) is 33.2 Å². The minimum atomic E-state index is -0.267. The van der Waals surface area contributed by atoms with Crippen molar-refractivity contribution in [3.63, 3.8) is 0 Å². The number of hydrogen-bond acceptors (Lipinski definition) is 7. The van der Waals surface area contributed by atoms with Gasteiger partial charge >= 0.3 is 6.09 Å². The minimum Gasteiger partial charge on any atom is -0.450 e. The SMILES string of the molecule is CCOC(=O)N1CCC(NC(=O)C2CCN(c3cc(Oc4cccc(C)c4C)ncn3)CC2)CC1. The predicted molar refractivity (Wildman–Crippen MR) is 133 cm³/mol. The molecule has 0 atom stereocenters. The molecule has 3 heterocycles. The Morgan fingerprint density at radius 3 is 2.51 bits per heavy atom. The van der Waals surface area contributed by atoms with Crippen LogP contribution in [0.25, 0.3) is 0 Å². The topological polar surface area (TPSA) is 96.9 Å². The molecule has 0 saturated carbocycles. The first-order valence-electron chi connectivity index (χ1n) is 12.5. The standard InChI is InChI=1S/C26H35N5O4/c1-4-34-26(33)31-14-10-21(11-15-31)29-25(32)20-8-12-30(13-9-20)23-16-24(28-17-27-23)35-22-7-5-6-18(2)19(22)3/h5-7,16-17,20-21H,4,8-15H2,1-3H3,(H,29,32). The van der Waals surface area contributed by atoms with E-state index in [1.54, 1.807) is 11.8 Å². The molecule has 0 spiro atoms. The second-order valence-electron chi connectivity index (χ2n) is 9.24. The van der Waals surface area contributed by atoms with Gasteiger partial charge in [-0.15, -0.1) is 0 Å². The van der Waals surface area contributed by atoms with E-state index < -0.39 is 0 Å². The minimum absolute atomic E-state index is 0.0122. The monoisotopic (exact) mass is 481 g/mol. The first-order valence-corrected chi connectivity index (χ1v) is 12.5. The van der Waals surface area contributed by atoms with Crippen LogP contribution in [-0.4, -0.2) is 65.7 Å². The van der Waals surface area contributed by atoms with Crippen LogP contribution in [-0.2, 0) is 9.53 Å². The summed E-state index contributed by atoms with van der Waals surface area (Å²) in [6.07, 6.45) is 4.31. The van der Waals surface area contributed by atoms with Gasteiger partial charge < -0.3 is 24.6 Å². The highest BCUT2D eigenvalue weighted by Gasteiger charge is 2.29. The van der Waals surface area contributed by atoms with Gasteiger partial charge in [-0.1, -0.05) is 12.1 Å². The van der Waals surface area contributed by atoms with Crippen LogP contribution in [0, 0.1) is 19.8 Å². The van der Waals surface area contributed by atoms with Crippen molar-refractivity contribution >= 4 is 17.8 Å². The van der Waals surface area contributed by atoms with Crippen molar-refractivity contribution < 1.29 is 19.1 Å². The molecule has 2 aliphatic heterocycles. The smallest absolute Gasteiger partial charge is 0.409 e. The number of nitrogens with one attached hydrogen (secondary N) is 1. The van der Waals surface area contributed by atoms with Crippen molar-refractivity contribution in [1.82, 2.24) is 20.2 Å². The third-order valence-electron chi connectivity index (χ3n) is 6.95. The number of nitrogens with zero attached hydrogens (tertiary/aromatic N) is 4. The summed E-state index contributed by atoms with van der Waals surface area (Å²) in [7, 11) is 0. The summed E-state index contributed by atoms with van der Waals surface area (Å²) in [5, 5.41) is 3.20. The van der Waals surface area contributed by atoms with E-state index in [0.717, 1.165) is 55.9 Å². The van der Waals surface area contributed by atoms with E-state index in [1.807, 2.05) is 25.1 Å². The van der Waals surface area contributed by atoms with Crippen molar-refractivity contribution in [3.05, 3.63) is 41.7 Å². The maximum absolute atomic E-state index is 12.9. The average molecular weight is 482 g/mol. The fraction of sp³-hybridized carbons (Fsp3) is 0.538. The highest BCUT2D eigenvalue weighted by Crippen LogP contribution is 2.28. The zero-order valence-corrected chi connectivity index (χ0v) is 20.8. The average Bonchev–Trinajstić information content (AvgIpc) is 2.88. The Kier molecular flexibility index (Phi) is 8.05. The summed E-state index contributed by atoms with van der Waals surface area (Å²) in [5.74, 6) is 2.21. The van der Waals surface area contributed by atoms with Crippen LogP contribution < -0.4 is 15.0 Å². The number of carbonyl (C=O) groups excluding carboxylic acids is 2. The fourth-order valence-electron chi connectivity index (χ4n) is 4.62. The van der Waals surface area contributed by atoms with Gasteiger partial charge in [0.05, 0.1) is 6.61 Å². The molecule has 2 saturated heterocycles. The summed E-state index contributed by atoms with van der Waals surface area (Å²) in [4.78, 5) is 37.3. The Balaban J connectivity index is 1.26. The molecule has 0 bridgehead atoms. The van der Waals surface area contributed by atoms with E-state index >= 15 is 0 Å². The third-order valence-corrected chi connectivity index (χ3v) is 6.95. The van der Waals surface area contributed by atoms with E-state index in [0.29, 0.717) is 25.6 Å². The third kappa shape index (κ3) is 6.21. The molecule has 2 aromatic rings. The molecule has 4 rings (SSSR count). The van der Waals surface area contributed by atoms with Crippen molar-refractivity contribution in [2.24, 2.45) is 5.92 Å². The molecule has 35 heavy (non-hydrogen) atoms. The number of piperidine rings is 2. The summed E-state index contributed by atoms with van der Waals surface area (Å²) >= 11 is 0. The molecule has 2 aliphatic rings. The van der Waals surface area contributed by atoms with Gasteiger partial charge in [0.2, 0.25) is 11.8 Å². The molecule has 0 unspecified atom stereocenters. The Bertz CT molecular complexity index is 1030. The van der Waals surface area contributed by atoms with Gasteiger partial charge in [0.15, 0.2) is 0 Å². The number of carbonyl (C=O) groups is 2. The molecule has 2 amide bonds. The summed E-state index contributed by atoms with van der Waals surface area (Å²) in [6.45, 7) is 9.00. The van der Waals surface area contributed by atoms with Crippen molar-refractivity contribution in [2.75, 3.05) is 37.7 Å². The summed E-state index contributed by atoms with van der Waals surface area (Å²) in [6, 6.07) is 7.94. The lowest BCUT2D eigenvalue weighted by Crippen LogP contribution is -2.49. The number of ether oxygens (including phenoxy) is 2. The zero-order chi connectivity index (χ0) is 24.8. The lowest BCUT2D eigenvalue weighted by atomic mass is 9.94. The molecule has 188 valence electrons. The quantitative estimate of drug-likeness (QED) is 0.670. The fourth-order valence-corrected chi connectivity index (χ4v) is 4.62. The molecule has 0 radical (unpaired) electrons. The van der Waals surface area contributed by atoms with Crippen molar-refractivity contribution in [1.29, 1.82) is 0 Å². The van der Waals surface area contributed by atoms with E-state index in [4.69, 9.17) is 9.47 Å². The Morgan fingerprint density at radius 2 is 1.80 bits per heavy atom. The molecule has 9 nitrogen and oxygen atoms in total. The first-order chi connectivity index (χ1) is 16.9. The van der Waals surface area contributed by atoms with Crippen LogP contribution >= 0.6 is 0 Å². The second kappa shape index (κ2) is 11.4. The normalized spacial score (nSPS) is 17.2. The Morgan fingerprint density at radius 1 is 1.06 bits per heavy atom. The van der Waals surface area contributed by atoms with Crippen molar-refractivity contribution in [2.45, 2.75) is 52.5 Å². The number of likely N-dealkylation sites (tertiary alicyclic amines) is 1. The molecule has 0 aliphatic carbocycles. The van der Waals surface area contributed by atoms with Gasteiger partial charge in [0, 0.05) is 44.2 Å². The first kappa shape index (κ1) is 24.8. The number of aryl methyl sites for hydroxylation is 1. The molecule has 2 fully saturated rings. The van der Waals surface area contributed by atoms with Crippen LogP contribution in [0.2, 0.25) is 0 Å². The summed E-state index contributed by atoms with van der Waals surface area (Å²) < 4.78 is 11.1. The number of amides is 2. The molecule has 1 N–H and O–H groups in total. The zero-order valence-electron chi connectivity index (χ0n) is 20.8. The molecular weight excluding hydrogens is 446 g/mol. The molecule has 1 aromatic carbocycles. The van der Waals surface area contributed by atoms with Gasteiger partial charge in [-0.25, -0.2) is 14.8 Å². The molecule has 1 aromatic heterocycles. The van der Waals surface area contributed by atoms with Gasteiger partial charge in [-0.05, 0) is 63.6 Å². The van der Waals surface area contributed by atoms with Crippen molar-refractivity contribution in [3.8, 4) is 11.6 Å². The van der Waals surface area contributed by atoms with Crippen LogP contribution in [0.5, 0.6) is 11.6 Å². The second-order valence-corrected chi connectivity index (χ2v) is 9.24. The Labute approximate surface area is 206 Å². The summed E-state index contributed by atoms with van der Waals surface area (Å²) in [5.41, 5.74) is 2.26. The van der Waals surface area contributed by atoms with Crippen LogP contribution in [0.3, 0.4) is 0 Å². The molecular formula is C26H35N5O4. The maximum Gasteiger partial charge on any atom is 0.409 e.